The highest BCUT2D eigenvalue weighted by Gasteiger charge is 2.06. The Hall–Kier alpha value is -1.76. The van der Waals surface area contributed by atoms with Gasteiger partial charge in [0.15, 0.2) is 0 Å². The summed E-state index contributed by atoms with van der Waals surface area (Å²) in [6, 6.07) is 11.0. The number of anilines is 2. The van der Waals surface area contributed by atoms with E-state index in [1.54, 1.807) is 18.2 Å². The van der Waals surface area contributed by atoms with E-state index < -0.39 is 5.82 Å². The summed E-state index contributed by atoms with van der Waals surface area (Å²) in [5.74, 6) is -0.470. The first kappa shape index (κ1) is 12.7. The van der Waals surface area contributed by atoms with Gasteiger partial charge in [-0.2, -0.15) is 5.26 Å². The second-order valence-corrected chi connectivity index (χ2v) is 4.40. The molecule has 2 nitrogen and oxygen atoms in total. The average Bonchev–Trinajstić information content (AvgIpc) is 2.34. The van der Waals surface area contributed by atoms with Crippen LogP contribution in [0.2, 0.25) is 10.0 Å². The minimum atomic E-state index is -0.470. The molecule has 2 aromatic rings. The second-order valence-electron chi connectivity index (χ2n) is 3.56. The number of nitriles is 1. The van der Waals surface area contributed by atoms with Crippen molar-refractivity contribution >= 4 is 34.6 Å². The number of nitrogens with one attached hydrogen (secondary N) is 1. The number of hydrogen-bond donors (Lipinski definition) is 1. The zero-order valence-corrected chi connectivity index (χ0v) is 10.6. The summed E-state index contributed by atoms with van der Waals surface area (Å²) >= 11 is 11.6. The molecule has 0 aliphatic heterocycles. The van der Waals surface area contributed by atoms with Crippen molar-refractivity contribution in [3.63, 3.8) is 0 Å². The van der Waals surface area contributed by atoms with Gasteiger partial charge in [-0.3, -0.25) is 0 Å². The Morgan fingerprint density at radius 2 is 1.78 bits per heavy atom. The van der Waals surface area contributed by atoms with E-state index in [1.807, 2.05) is 6.07 Å². The van der Waals surface area contributed by atoms with E-state index in [0.29, 0.717) is 21.3 Å². The van der Waals surface area contributed by atoms with Crippen molar-refractivity contribution in [3.8, 4) is 6.07 Å². The maximum absolute atomic E-state index is 13.6. The van der Waals surface area contributed by atoms with Crippen LogP contribution in [-0.4, -0.2) is 0 Å². The largest absolute Gasteiger partial charge is 0.352 e. The van der Waals surface area contributed by atoms with Crippen molar-refractivity contribution in [2.24, 2.45) is 0 Å². The van der Waals surface area contributed by atoms with Crippen LogP contribution in [0.1, 0.15) is 5.56 Å². The van der Waals surface area contributed by atoms with Crippen LogP contribution < -0.4 is 5.32 Å². The minimum absolute atomic E-state index is 0.269. The molecule has 0 aliphatic carbocycles. The average molecular weight is 281 g/mol. The van der Waals surface area contributed by atoms with Gasteiger partial charge in [-0.25, -0.2) is 4.39 Å². The van der Waals surface area contributed by atoms with Gasteiger partial charge in [0.2, 0.25) is 0 Å². The molecule has 0 bridgehead atoms. The Morgan fingerprint density at radius 3 is 2.39 bits per heavy atom. The Labute approximate surface area is 114 Å². The van der Waals surface area contributed by atoms with Gasteiger partial charge in [0, 0.05) is 5.02 Å². The second kappa shape index (κ2) is 5.26. The summed E-state index contributed by atoms with van der Waals surface area (Å²) in [7, 11) is 0. The van der Waals surface area contributed by atoms with Crippen molar-refractivity contribution in [2.75, 3.05) is 5.32 Å². The predicted molar refractivity (Wildman–Crippen MR) is 70.9 cm³/mol. The highest BCUT2D eigenvalue weighted by atomic mass is 35.5. The van der Waals surface area contributed by atoms with E-state index >= 15 is 0 Å². The highest BCUT2D eigenvalue weighted by Crippen LogP contribution is 2.28. The third kappa shape index (κ3) is 2.73. The molecule has 0 aliphatic rings. The molecule has 0 unspecified atom stereocenters. The normalized spacial score (nSPS) is 9.89. The van der Waals surface area contributed by atoms with Gasteiger partial charge in [0.05, 0.1) is 28.0 Å². The standard InChI is InChI=1S/C13H7Cl2FN2/c14-9-2-4-13(11(16)6-9)18-12-3-1-8(7-17)5-10(12)15/h1-6,18H. The van der Waals surface area contributed by atoms with Crippen LogP contribution in [0.4, 0.5) is 15.8 Å². The maximum atomic E-state index is 13.6. The smallest absolute Gasteiger partial charge is 0.148 e. The summed E-state index contributed by atoms with van der Waals surface area (Å²) < 4.78 is 13.6. The summed E-state index contributed by atoms with van der Waals surface area (Å²) in [6.45, 7) is 0. The third-order valence-electron chi connectivity index (χ3n) is 2.30. The number of halogens is 3. The molecule has 0 spiro atoms. The molecule has 5 heteroatoms. The molecule has 0 fully saturated rings. The van der Waals surface area contributed by atoms with Gasteiger partial charge in [-0.05, 0) is 36.4 Å². The summed E-state index contributed by atoms with van der Waals surface area (Å²) in [4.78, 5) is 0. The van der Waals surface area contributed by atoms with E-state index in [9.17, 15) is 4.39 Å². The van der Waals surface area contributed by atoms with Gasteiger partial charge in [-0.1, -0.05) is 23.2 Å². The van der Waals surface area contributed by atoms with Crippen molar-refractivity contribution in [1.82, 2.24) is 0 Å². The van der Waals surface area contributed by atoms with E-state index in [4.69, 9.17) is 28.5 Å². The van der Waals surface area contributed by atoms with Crippen molar-refractivity contribution < 1.29 is 4.39 Å². The molecule has 0 atom stereocenters. The lowest BCUT2D eigenvalue weighted by Crippen LogP contribution is -1.94. The molecule has 0 saturated carbocycles. The fourth-order valence-corrected chi connectivity index (χ4v) is 1.81. The molecule has 1 N–H and O–H groups in total. The fraction of sp³-hybridized carbons (Fsp3) is 0. The monoisotopic (exact) mass is 280 g/mol. The van der Waals surface area contributed by atoms with E-state index in [1.165, 1.54) is 18.2 Å². The number of rotatable bonds is 2. The van der Waals surface area contributed by atoms with Crippen LogP contribution in [0.5, 0.6) is 0 Å². The van der Waals surface area contributed by atoms with E-state index in [2.05, 4.69) is 5.32 Å². The molecule has 2 aromatic carbocycles. The molecule has 0 heterocycles. The van der Waals surface area contributed by atoms with Crippen LogP contribution >= 0.6 is 23.2 Å². The number of benzene rings is 2. The molecule has 18 heavy (non-hydrogen) atoms. The first-order valence-corrected chi connectivity index (χ1v) is 5.77. The first-order valence-electron chi connectivity index (χ1n) is 5.02. The van der Waals surface area contributed by atoms with Crippen LogP contribution in [0.3, 0.4) is 0 Å². The Bertz CT molecular complexity index is 635. The van der Waals surface area contributed by atoms with Gasteiger partial charge in [0.1, 0.15) is 5.82 Å². The third-order valence-corrected chi connectivity index (χ3v) is 2.85. The molecule has 90 valence electrons. The van der Waals surface area contributed by atoms with Crippen molar-refractivity contribution in [3.05, 3.63) is 57.8 Å². The lowest BCUT2D eigenvalue weighted by Gasteiger charge is -2.09. The summed E-state index contributed by atoms with van der Waals surface area (Å²) in [6.07, 6.45) is 0. The van der Waals surface area contributed by atoms with Crippen LogP contribution in [0.25, 0.3) is 0 Å². The molecule has 0 radical (unpaired) electrons. The SMILES string of the molecule is N#Cc1ccc(Nc2ccc(Cl)cc2F)c(Cl)c1. The zero-order chi connectivity index (χ0) is 13.1. The number of nitrogens with zero attached hydrogens (tertiary/aromatic N) is 1. The summed E-state index contributed by atoms with van der Waals surface area (Å²) in [5.41, 5.74) is 1.24. The molecule has 0 aromatic heterocycles. The maximum Gasteiger partial charge on any atom is 0.148 e. The van der Waals surface area contributed by atoms with Crippen LogP contribution in [0, 0.1) is 17.1 Å². The molecular weight excluding hydrogens is 274 g/mol. The minimum Gasteiger partial charge on any atom is -0.352 e. The molecule has 2 rings (SSSR count). The molecule has 0 saturated heterocycles. The highest BCUT2D eigenvalue weighted by molar-refractivity contribution is 6.33. The zero-order valence-electron chi connectivity index (χ0n) is 9.05. The Balaban J connectivity index is 2.32. The topological polar surface area (TPSA) is 35.8 Å². The number of hydrogen-bond acceptors (Lipinski definition) is 2. The van der Waals surface area contributed by atoms with Gasteiger partial charge < -0.3 is 5.32 Å². The van der Waals surface area contributed by atoms with Gasteiger partial charge in [-0.15, -0.1) is 0 Å². The van der Waals surface area contributed by atoms with Crippen molar-refractivity contribution in [2.45, 2.75) is 0 Å². The van der Waals surface area contributed by atoms with Crippen LogP contribution in [0.15, 0.2) is 36.4 Å². The lowest BCUT2D eigenvalue weighted by atomic mass is 10.2. The van der Waals surface area contributed by atoms with Gasteiger partial charge >= 0.3 is 0 Å². The quantitative estimate of drug-likeness (QED) is 0.862. The fourth-order valence-electron chi connectivity index (χ4n) is 1.42. The van der Waals surface area contributed by atoms with Crippen LogP contribution in [-0.2, 0) is 0 Å². The van der Waals surface area contributed by atoms with Gasteiger partial charge in [0.25, 0.3) is 0 Å². The van der Waals surface area contributed by atoms with E-state index in [0.717, 1.165) is 0 Å². The lowest BCUT2D eigenvalue weighted by molar-refractivity contribution is 0.632. The summed E-state index contributed by atoms with van der Waals surface area (Å²) in [5, 5.41) is 12.2. The van der Waals surface area contributed by atoms with E-state index in [-0.39, 0.29) is 5.69 Å². The first-order chi connectivity index (χ1) is 8.60. The molecular formula is C13H7Cl2FN2. The van der Waals surface area contributed by atoms with Crippen molar-refractivity contribution in [1.29, 1.82) is 5.26 Å². The molecule has 0 amide bonds. The Morgan fingerprint density at radius 1 is 1.06 bits per heavy atom. The Kier molecular flexibility index (Phi) is 3.71. The predicted octanol–water partition coefficient (Wildman–Crippen LogP) is 4.75.